The van der Waals surface area contributed by atoms with Crippen molar-refractivity contribution in [2.45, 2.75) is 45.1 Å². The van der Waals surface area contributed by atoms with Crippen molar-refractivity contribution in [1.82, 2.24) is 0 Å². The molecule has 0 bridgehead atoms. The number of esters is 1. The van der Waals surface area contributed by atoms with Gasteiger partial charge in [-0.25, -0.2) is 0 Å². The minimum Gasteiger partial charge on any atom is -0.496 e. The van der Waals surface area contributed by atoms with Crippen LogP contribution in [0.2, 0.25) is 0 Å². The normalized spacial score (nSPS) is 13.5. The Balaban J connectivity index is 2.09. The lowest BCUT2D eigenvalue weighted by molar-refractivity contribution is -0.147. The van der Waals surface area contributed by atoms with Crippen LogP contribution in [0.4, 0.5) is 0 Å². The van der Waals surface area contributed by atoms with Crippen LogP contribution in [0.25, 0.3) is 0 Å². The summed E-state index contributed by atoms with van der Waals surface area (Å²) >= 11 is 0. The summed E-state index contributed by atoms with van der Waals surface area (Å²) in [5.41, 5.74) is 1.44. The van der Waals surface area contributed by atoms with Crippen molar-refractivity contribution in [2.75, 3.05) is 14.2 Å². The molecule has 2 aromatic carbocycles. The van der Waals surface area contributed by atoms with E-state index in [0.717, 1.165) is 31.2 Å². The fourth-order valence-electron chi connectivity index (χ4n) is 3.86. The lowest BCUT2D eigenvalue weighted by Gasteiger charge is -2.25. The molecule has 1 unspecified atom stereocenters. The van der Waals surface area contributed by atoms with Crippen LogP contribution in [-0.4, -0.2) is 31.8 Å². The topological polar surface area (TPSA) is 78.9 Å². The number of carbonyl (C=O) groups excluding carboxylic acids is 3. The molecule has 32 heavy (non-hydrogen) atoms. The van der Waals surface area contributed by atoms with E-state index in [1.807, 2.05) is 30.3 Å². The third-order valence-electron chi connectivity index (χ3n) is 5.44. The van der Waals surface area contributed by atoms with Crippen molar-refractivity contribution in [3.63, 3.8) is 0 Å². The van der Waals surface area contributed by atoms with E-state index in [9.17, 15) is 14.4 Å². The lowest BCUT2D eigenvalue weighted by atomic mass is 9.88. The van der Waals surface area contributed by atoms with Gasteiger partial charge in [-0.15, -0.1) is 0 Å². The molecule has 0 heterocycles. The molecule has 2 aromatic rings. The Morgan fingerprint density at radius 3 is 2.22 bits per heavy atom. The number of ketones is 2. The van der Waals surface area contributed by atoms with Crippen molar-refractivity contribution < 1.29 is 28.6 Å². The summed E-state index contributed by atoms with van der Waals surface area (Å²) in [5.74, 6) is -0.606. The number of ether oxygens (including phenoxy) is 3. The highest BCUT2D eigenvalue weighted by Crippen LogP contribution is 2.43. The first kappa shape index (κ1) is 23.3. The van der Waals surface area contributed by atoms with Crippen LogP contribution >= 0.6 is 0 Å². The first-order valence-corrected chi connectivity index (χ1v) is 10.8. The van der Waals surface area contributed by atoms with Crippen LogP contribution in [0.5, 0.6) is 11.5 Å². The van der Waals surface area contributed by atoms with Gasteiger partial charge in [-0.2, -0.15) is 0 Å². The molecule has 0 aliphatic heterocycles. The second kappa shape index (κ2) is 10.8. The molecule has 0 saturated heterocycles. The maximum atomic E-state index is 12.7. The molecule has 0 spiro atoms. The predicted molar refractivity (Wildman–Crippen MR) is 120 cm³/mol. The van der Waals surface area contributed by atoms with E-state index in [4.69, 9.17) is 14.2 Å². The van der Waals surface area contributed by atoms with E-state index >= 15 is 0 Å². The highest BCUT2D eigenvalue weighted by molar-refractivity contribution is 6.24. The van der Waals surface area contributed by atoms with Gasteiger partial charge in [-0.05, 0) is 30.2 Å². The molecule has 0 saturated carbocycles. The second-order valence-corrected chi connectivity index (χ2v) is 7.60. The van der Waals surface area contributed by atoms with Crippen LogP contribution in [0, 0.1) is 0 Å². The SMILES string of the molecule is CCCCCCC(=O)OC(c1ccccc1)c1cc(OC)c2c(c1OC)C(=O)C=CC2=O. The van der Waals surface area contributed by atoms with Crippen molar-refractivity contribution in [1.29, 1.82) is 0 Å². The van der Waals surface area contributed by atoms with Crippen LogP contribution in [-0.2, 0) is 9.53 Å². The quantitative estimate of drug-likeness (QED) is 0.374. The summed E-state index contributed by atoms with van der Waals surface area (Å²) in [6.45, 7) is 2.11. The molecule has 168 valence electrons. The van der Waals surface area contributed by atoms with Crippen LogP contribution < -0.4 is 9.47 Å². The van der Waals surface area contributed by atoms with E-state index in [0.29, 0.717) is 12.0 Å². The van der Waals surface area contributed by atoms with Gasteiger partial charge in [-0.1, -0.05) is 56.5 Å². The second-order valence-electron chi connectivity index (χ2n) is 7.60. The minimum absolute atomic E-state index is 0.120. The fourth-order valence-corrected chi connectivity index (χ4v) is 3.86. The van der Waals surface area contributed by atoms with E-state index in [-0.39, 0.29) is 40.2 Å². The largest absolute Gasteiger partial charge is 0.496 e. The molecule has 0 fully saturated rings. The van der Waals surface area contributed by atoms with Crippen LogP contribution in [0.1, 0.15) is 77.0 Å². The minimum atomic E-state index is -0.821. The number of allylic oxidation sites excluding steroid dienone is 2. The van der Waals surface area contributed by atoms with Crippen LogP contribution in [0.15, 0.2) is 48.6 Å². The molecule has 6 heteroatoms. The smallest absolute Gasteiger partial charge is 0.306 e. The molecule has 1 atom stereocenters. The number of fused-ring (bicyclic) bond motifs is 1. The highest BCUT2D eigenvalue weighted by Gasteiger charge is 2.33. The van der Waals surface area contributed by atoms with Crippen LogP contribution in [0.3, 0.4) is 0 Å². The van der Waals surface area contributed by atoms with Gasteiger partial charge in [0.1, 0.15) is 11.5 Å². The van der Waals surface area contributed by atoms with Gasteiger partial charge in [-0.3, -0.25) is 14.4 Å². The Kier molecular flexibility index (Phi) is 7.82. The van der Waals surface area contributed by atoms with E-state index in [1.165, 1.54) is 26.4 Å². The number of hydrogen-bond donors (Lipinski definition) is 0. The van der Waals surface area contributed by atoms with Crippen molar-refractivity contribution in [3.05, 3.63) is 70.8 Å². The Bertz CT molecular complexity index is 1020. The van der Waals surface area contributed by atoms with E-state index < -0.39 is 6.10 Å². The lowest BCUT2D eigenvalue weighted by Crippen LogP contribution is -2.19. The zero-order valence-electron chi connectivity index (χ0n) is 18.7. The monoisotopic (exact) mass is 436 g/mol. The molecule has 3 rings (SSSR count). The van der Waals surface area contributed by atoms with E-state index in [2.05, 4.69) is 6.92 Å². The third-order valence-corrected chi connectivity index (χ3v) is 5.44. The summed E-state index contributed by atoms with van der Waals surface area (Å²) in [7, 11) is 2.86. The number of rotatable bonds is 10. The van der Waals surface area contributed by atoms with Gasteiger partial charge in [0.25, 0.3) is 0 Å². The summed E-state index contributed by atoms with van der Waals surface area (Å²) in [6.07, 6.45) is 5.76. The molecular weight excluding hydrogens is 408 g/mol. The number of carbonyl (C=O) groups is 3. The average molecular weight is 437 g/mol. The zero-order chi connectivity index (χ0) is 23.1. The first-order chi connectivity index (χ1) is 15.5. The highest BCUT2D eigenvalue weighted by atomic mass is 16.5. The number of hydrogen-bond acceptors (Lipinski definition) is 6. The van der Waals surface area contributed by atoms with Gasteiger partial charge in [0.05, 0.1) is 25.3 Å². The summed E-state index contributed by atoms with van der Waals surface area (Å²) in [5, 5.41) is 0. The number of unbranched alkanes of at least 4 members (excludes halogenated alkanes) is 3. The van der Waals surface area contributed by atoms with Crippen molar-refractivity contribution in [2.24, 2.45) is 0 Å². The Morgan fingerprint density at radius 1 is 0.906 bits per heavy atom. The fraction of sp³-hybridized carbons (Fsp3) is 0.346. The standard InChI is InChI=1S/C26H28O6/c1-4-5-6-10-13-22(29)32-25(17-11-8-7-9-12-17)18-16-21(30-2)23-19(27)14-15-20(28)24(23)26(18)31-3/h7-9,11-12,14-16,25H,4-6,10,13H2,1-3H3. The molecule has 6 nitrogen and oxygen atoms in total. The maximum Gasteiger partial charge on any atom is 0.306 e. The molecule has 1 aliphatic rings. The number of benzene rings is 2. The van der Waals surface area contributed by atoms with Gasteiger partial charge < -0.3 is 14.2 Å². The molecule has 0 aromatic heterocycles. The Morgan fingerprint density at radius 2 is 1.59 bits per heavy atom. The van der Waals surface area contributed by atoms with Crippen molar-refractivity contribution >= 4 is 17.5 Å². The van der Waals surface area contributed by atoms with Gasteiger partial charge in [0.2, 0.25) is 0 Å². The third kappa shape index (κ3) is 4.90. The molecule has 0 amide bonds. The summed E-state index contributed by atoms with van der Waals surface area (Å²) < 4.78 is 17.0. The molecular formula is C26H28O6. The van der Waals surface area contributed by atoms with Gasteiger partial charge in [0, 0.05) is 12.0 Å². The predicted octanol–water partition coefficient (Wildman–Crippen LogP) is 5.24. The molecule has 1 aliphatic carbocycles. The maximum absolute atomic E-state index is 12.7. The average Bonchev–Trinajstić information content (AvgIpc) is 2.82. The zero-order valence-corrected chi connectivity index (χ0v) is 18.7. The van der Waals surface area contributed by atoms with E-state index in [1.54, 1.807) is 6.07 Å². The van der Waals surface area contributed by atoms with Crippen molar-refractivity contribution in [3.8, 4) is 11.5 Å². The molecule has 0 N–H and O–H groups in total. The Hall–Kier alpha value is -3.41. The number of methoxy groups -OCH3 is 2. The summed E-state index contributed by atoms with van der Waals surface area (Å²) in [4.78, 5) is 37.9. The summed E-state index contributed by atoms with van der Waals surface area (Å²) in [6, 6.07) is 10.9. The first-order valence-electron chi connectivity index (χ1n) is 10.8. The van der Waals surface area contributed by atoms with Gasteiger partial charge >= 0.3 is 5.97 Å². The molecule has 0 radical (unpaired) electrons. The Labute approximate surface area is 188 Å². The van der Waals surface area contributed by atoms with Gasteiger partial charge in [0.15, 0.2) is 17.7 Å².